The third-order valence-electron chi connectivity index (χ3n) is 5.79. The molecular formula is C25H30N2O5. The minimum Gasteiger partial charge on any atom is -0.480 e. The van der Waals surface area contributed by atoms with Crippen molar-refractivity contribution >= 4 is 18.0 Å². The Balaban J connectivity index is 1.62. The molecule has 0 radical (unpaired) electrons. The summed E-state index contributed by atoms with van der Waals surface area (Å²) in [5.74, 6) is -1.44. The number of hydrogen-bond acceptors (Lipinski definition) is 4. The lowest BCUT2D eigenvalue weighted by Gasteiger charge is -2.22. The number of benzene rings is 2. The molecule has 7 heteroatoms. The molecule has 170 valence electrons. The molecular weight excluding hydrogens is 408 g/mol. The van der Waals surface area contributed by atoms with Crippen molar-refractivity contribution in [2.45, 2.75) is 44.6 Å². The van der Waals surface area contributed by atoms with Crippen molar-refractivity contribution in [2.24, 2.45) is 0 Å². The number of carbonyl (C=O) groups is 3. The van der Waals surface area contributed by atoms with Crippen molar-refractivity contribution in [3.05, 3.63) is 59.7 Å². The Morgan fingerprint density at radius 3 is 2.22 bits per heavy atom. The minimum atomic E-state index is -1.07. The highest BCUT2D eigenvalue weighted by Crippen LogP contribution is 2.44. The van der Waals surface area contributed by atoms with E-state index in [1.165, 1.54) is 7.05 Å². The number of carboxylic acid groups (broad SMARTS) is 1. The largest absolute Gasteiger partial charge is 0.480 e. The fourth-order valence-corrected chi connectivity index (χ4v) is 4.14. The van der Waals surface area contributed by atoms with E-state index in [1.54, 1.807) is 0 Å². The van der Waals surface area contributed by atoms with Gasteiger partial charge in [-0.15, -0.1) is 0 Å². The maximum absolute atomic E-state index is 12.6. The number of nitrogens with zero attached hydrogens (tertiary/aromatic N) is 1. The van der Waals surface area contributed by atoms with Crippen LogP contribution in [0.25, 0.3) is 11.1 Å². The monoisotopic (exact) mass is 438 g/mol. The first-order valence-electron chi connectivity index (χ1n) is 11.0. The number of hydrogen-bond donors (Lipinski definition) is 2. The van der Waals surface area contributed by atoms with Crippen LogP contribution in [0, 0.1) is 0 Å². The fourth-order valence-electron chi connectivity index (χ4n) is 4.14. The smallest absolute Gasteiger partial charge is 0.407 e. The highest BCUT2D eigenvalue weighted by molar-refractivity contribution is 5.82. The number of carboxylic acids is 1. The Bertz CT molecular complexity index is 929. The SMILES string of the molecule is CCCCC(CC(=O)N(C)CC(=O)O)NC(=O)OCC1c2ccccc2-c2ccccc21. The van der Waals surface area contributed by atoms with Gasteiger partial charge in [-0.2, -0.15) is 0 Å². The van der Waals surface area contributed by atoms with Crippen LogP contribution in [0.4, 0.5) is 4.79 Å². The summed E-state index contributed by atoms with van der Waals surface area (Å²) in [5.41, 5.74) is 4.58. The molecule has 3 rings (SSSR count). The third-order valence-corrected chi connectivity index (χ3v) is 5.79. The molecule has 0 bridgehead atoms. The molecule has 1 aliphatic rings. The van der Waals surface area contributed by atoms with Crippen molar-refractivity contribution in [3.8, 4) is 11.1 Å². The second kappa shape index (κ2) is 10.8. The average Bonchev–Trinajstić information content (AvgIpc) is 3.09. The van der Waals surface area contributed by atoms with E-state index in [2.05, 4.69) is 29.6 Å². The zero-order chi connectivity index (χ0) is 23.1. The first-order valence-corrected chi connectivity index (χ1v) is 11.0. The van der Waals surface area contributed by atoms with Gasteiger partial charge in [0.1, 0.15) is 13.2 Å². The summed E-state index contributed by atoms with van der Waals surface area (Å²) in [7, 11) is 1.45. The molecule has 2 aromatic rings. The lowest BCUT2D eigenvalue weighted by Crippen LogP contribution is -2.41. The number of carbonyl (C=O) groups excluding carboxylic acids is 2. The number of ether oxygens (including phenoxy) is 1. The summed E-state index contributed by atoms with van der Waals surface area (Å²) in [4.78, 5) is 36.9. The number of amides is 2. The van der Waals surface area contributed by atoms with Gasteiger partial charge in [0.25, 0.3) is 0 Å². The van der Waals surface area contributed by atoms with Gasteiger partial charge >= 0.3 is 12.1 Å². The van der Waals surface area contributed by atoms with Crippen molar-refractivity contribution < 1.29 is 24.2 Å². The van der Waals surface area contributed by atoms with E-state index >= 15 is 0 Å². The minimum absolute atomic E-state index is 0.0357. The first kappa shape index (κ1) is 23.3. The topological polar surface area (TPSA) is 95.9 Å². The summed E-state index contributed by atoms with van der Waals surface area (Å²) < 4.78 is 5.59. The summed E-state index contributed by atoms with van der Waals surface area (Å²) in [6.07, 6.45) is 1.84. The Kier molecular flexibility index (Phi) is 7.87. The normalized spacial score (nSPS) is 13.1. The molecule has 1 atom stereocenters. The van der Waals surface area contributed by atoms with E-state index in [0.717, 1.165) is 40.0 Å². The van der Waals surface area contributed by atoms with E-state index in [9.17, 15) is 14.4 Å². The van der Waals surface area contributed by atoms with Crippen molar-refractivity contribution in [3.63, 3.8) is 0 Å². The highest BCUT2D eigenvalue weighted by atomic mass is 16.5. The standard InChI is InChI=1S/C25H30N2O5/c1-3-4-9-17(14-23(28)27(2)15-24(29)30)26-25(31)32-16-22-20-12-7-5-10-18(20)19-11-6-8-13-21(19)22/h5-8,10-13,17,22H,3-4,9,14-16H2,1-2H3,(H,26,31)(H,29,30). The van der Waals surface area contributed by atoms with Gasteiger partial charge < -0.3 is 20.1 Å². The van der Waals surface area contributed by atoms with E-state index in [4.69, 9.17) is 9.84 Å². The second-order valence-corrected chi connectivity index (χ2v) is 8.16. The molecule has 0 spiro atoms. The van der Waals surface area contributed by atoms with Crippen molar-refractivity contribution in [1.29, 1.82) is 0 Å². The Hall–Kier alpha value is -3.35. The fraction of sp³-hybridized carbons (Fsp3) is 0.400. The summed E-state index contributed by atoms with van der Waals surface area (Å²) in [6, 6.07) is 15.8. The van der Waals surface area contributed by atoms with Gasteiger partial charge in [0.15, 0.2) is 0 Å². The number of alkyl carbamates (subject to hydrolysis) is 1. The highest BCUT2D eigenvalue weighted by Gasteiger charge is 2.29. The molecule has 32 heavy (non-hydrogen) atoms. The number of fused-ring (bicyclic) bond motifs is 3. The van der Waals surface area contributed by atoms with Crippen LogP contribution in [-0.2, 0) is 14.3 Å². The summed E-state index contributed by atoms with van der Waals surface area (Å²) in [5, 5.41) is 11.7. The molecule has 0 heterocycles. The Morgan fingerprint density at radius 2 is 1.66 bits per heavy atom. The quantitative estimate of drug-likeness (QED) is 0.584. The number of likely N-dealkylation sites (N-methyl/N-ethyl adjacent to an activating group) is 1. The maximum atomic E-state index is 12.6. The first-order chi connectivity index (χ1) is 15.4. The van der Waals surface area contributed by atoms with E-state index in [-0.39, 0.29) is 31.4 Å². The molecule has 2 N–H and O–H groups in total. The number of rotatable bonds is 10. The van der Waals surface area contributed by atoms with Gasteiger partial charge in [0.2, 0.25) is 5.91 Å². The van der Waals surface area contributed by atoms with Crippen molar-refractivity contribution in [2.75, 3.05) is 20.2 Å². The predicted octanol–water partition coefficient (Wildman–Crippen LogP) is 4.02. The summed E-state index contributed by atoms with van der Waals surface area (Å²) >= 11 is 0. The molecule has 2 aromatic carbocycles. The van der Waals surface area contributed by atoms with Crippen LogP contribution < -0.4 is 5.32 Å². The lowest BCUT2D eigenvalue weighted by molar-refractivity contribution is -0.143. The lowest BCUT2D eigenvalue weighted by atomic mass is 9.98. The molecule has 1 unspecified atom stereocenters. The van der Waals surface area contributed by atoms with Gasteiger partial charge in [-0.3, -0.25) is 9.59 Å². The molecule has 0 saturated heterocycles. The van der Waals surface area contributed by atoms with Crippen LogP contribution in [0.5, 0.6) is 0 Å². The number of nitrogens with one attached hydrogen (secondary N) is 1. The van der Waals surface area contributed by atoms with Crippen LogP contribution in [-0.4, -0.2) is 54.2 Å². The molecule has 0 saturated carbocycles. The molecule has 0 aromatic heterocycles. The molecule has 0 aliphatic heterocycles. The number of aliphatic carboxylic acids is 1. The van der Waals surface area contributed by atoms with E-state index in [1.807, 2.05) is 31.2 Å². The van der Waals surface area contributed by atoms with Crippen LogP contribution in [0.1, 0.15) is 49.7 Å². The van der Waals surface area contributed by atoms with Gasteiger partial charge in [-0.05, 0) is 28.7 Å². The van der Waals surface area contributed by atoms with Gasteiger partial charge in [0.05, 0.1) is 0 Å². The van der Waals surface area contributed by atoms with Crippen molar-refractivity contribution in [1.82, 2.24) is 10.2 Å². The molecule has 7 nitrogen and oxygen atoms in total. The van der Waals surface area contributed by atoms with Crippen LogP contribution in [0.15, 0.2) is 48.5 Å². The second-order valence-electron chi connectivity index (χ2n) is 8.16. The van der Waals surface area contributed by atoms with Crippen LogP contribution >= 0.6 is 0 Å². The molecule has 0 fully saturated rings. The van der Waals surface area contributed by atoms with E-state index in [0.29, 0.717) is 6.42 Å². The van der Waals surface area contributed by atoms with E-state index < -0.39 is 18.1 Å². The maximum Gasteiger partial charge on any atom is 0.407 e. The number of unbranched alkanes of at least 4 members (excludes halogenated alkanes) is 1. The van der Waals surface area contributed by atoms with Gasteiger partial charge in [-0.25, -0.2) is 4.79 Å². The zero-order valence-electron chi connectivity index (χ0n) is 18.5. The molecule has 1 aliphatic carbocycles. The average molecular weight is 439 g/mol. The zero-order valence-corrected chi connectivity index (χ0v) is 18.5. The van der Waals surface area contributed by atoms with Gasteiger partial charge in [0, 0.05) is 25.4 Å². The van der Waals surface area contributed by atoms with Crippen LogP contribution in [0.2, 0.25) is 0 Å². The molecule has 2 amide bonds. The van der Waals surface area contributed by atoms with Crippen LogP contribution in [0.3, 0.4) is 0 Å². The predicted molar refractivity (Wildman–Crippen MR) is 121 cm³/mol. The summed E-state index contributed by atoms with van der Waals surface area (Å²) in [6.45, 7) is 1.86. The van der Waals surface area contributed by atoms with Gasteiger partial charge in [-0.1, -0.05) is 68.3 Å². The Labute approximate surface area is 188 Å². The third kappa shape index (κ3) is 5.66. The Morgan fingerprint density at radius 1 is 1.06 bits per heavy atom.